The van der Waals surface area contributed by atoms with Crippen molar-refractivity contribution in [2.24, 2.45) is 0 Å². The van der Waals surface area contributed by atoms with Gasteiger partial charge in [-0.15, -0.1) is 34.0 Å². The third-order valence-electron chi connectivity index (χ3n) is 25.5. The van der Waals surface area contributed by atoms with Crippen LogP contribution in [0.25, 0.3) is 225 Å². The van der Waals surface area contributed by atoms with E-state index in [9.17, 15) is 15.8 Å². The molecule has 0 aliphatic rings. The maximum absolute atomic E-state index is 9.69. The average Bonchev–Trinajstić information content (AvgIpc) is 1.58. The number of thiophene rings is 3. The number of aryl methyl sites for hydroxylation is 2. The van der Waals surface area contributed by atoms with Gasteiger partial charge in [-0.25, -0.2) is 0 Å². The summed E-state index contributed by atoms with van der Waals surface area (Å²) >= 11 is 5.51. The van der Waals surface area contributed by atoms with Gasteiger partial charge in [0.25, 0.3) is 0 Å². The zero-order chi connectivity index (χ0) is 83.0. The summed E-state index contributed by atoms with van der Waals surface area (Å²) in [6.07, 6.45) is 0. The fourth-order valence-corrected chi connectivity index (χ4v) is 23.6. The van der Waals surface area contributed by atoms with Crippen molar-refractivity contribution in [1.29, 1.82) is 15.8 Å². The van der Waals surface area contributed by atoms with Crippen molar-refractivity contribution in [3.63, 3.8) is 0 Å². The van der Waals surface area contributed by atoms with Crippen molar-refractivity contribution in [1.82, 2.24) is 27.4 Å². The summed E-state index contributed by atoms with van der Waals surface area (Å²) in [6.45, 7) is 4.32. The summed E-state index contributed by atoms with van der Waals surface area (Å²) in [7, 11) is 0. The minimum absolute atomic E-state index is 0.667. The molecule has 9 aromatic heterocycles. The number of benzene rings is 18. The Kier molecular flexibility index (Phi) is 16.1. The van der Waals surface area contributed by atoms with Crippen LogP contribution in [0.2, 0.25) is 0 Å². The molecule has 9 nitrogen and oxygen atoms in total. The molecule has 0 aliphatic heterocycles. The third kappa shape index (κ3) is 10.9. The van der Waals surface area contributed by atoms with Crippen molar-refractivity contribution in [3.05, 3.63) is 398 Å². The molecular formula is C113H67N9S3. The maximum Gasteiger partial charge on any atom is 0.0992 e. The van der Waals surface area contributed by atoms with Gasteiger partial charge in [0, 0.05) is 128 Å². The lowest BCUT2D eigenvalue weighted by molar-refractivity contribution is 1.18. The summed E-state index contributed by atoms with van der Waals surface area (Å²) in [5, 5.41) is 51.1. The lowest BCUT2D eigenvalue weighted by Gasteiger charge is -2.10. The van der Waals surface area contributed by atoms with Crippen LogP contribution in [0, 0.1) is 47.8 Å². The van der Waals surface area contributed by atoms with Crippen LogP contribution in [0.15, 0.2) is 370 Å². The molecule has 0 fully saturated rings. The Bertz CT molecular complexity index is 9430. The second kappa shape index (κ2) is 28.0. The van der Waals surface area contributed by atoms with E-state index in [1.54, 1.807) is 0 Å². The van der Waals surface area contributed by atoms with Crippen LogP contribution >= 0.6 is 34.0 Å². The number of para-hydroxylation sites is 7. The maximum atomic E-state index is 9.69. The molecule has 0 amide bonds. The summed E-state index contributed by atoms with van der Waals surface area (Å²) in [6, 6.07) is 139. The SMILES string of the molecule is Cc1ccc2c(c1)c1ccccc1n2-c1ccc2sc3c(-n4c5ccccc5c5ccc(C#N)cc54)cccc3c2c1.Cc1ccc2c3ccccc3n(-c3ccc4sc5c(-n6c7ccccc7c7cc(C#N)ccc76)cccc5c4c3)c2c1.N#Cc1ccc2c3ccccc3n(-c3cccc4c3sc3ccc(-n5c6ccccc6c6ccccc65)cc34)c2c1. The van der Waals surface area contributed by atoms with E-state index in [1.165, 1.54) is 159 Å². The Morgan fingerprint density at radius 3 is 0.824 bits per heavy atom. The molecule has 27 aromatic rings. The van der Waals surface area contributed by atoms with E-state index in [0.29, 0.717) is 16.7 Å². The molecule has 12 heteroatoms. The first-order valence-electron chi connectivity index (χ1n) is 41.8. The largest absolute Gasteiger partial charge is 0.309 e. The first kappa shape index (κ1) is 71.8. The Labute approximate surface area is 727 Å². The van der Waals surface area contributed by atoms with Crippen molar-refractivity contribution in [2.45, 2.75) is 13.8 Å². The van der Waals surface area contributed by atoms with Gasteiger partial charge in [-0.05, 0) is 195 Å². The molecule has 125 heavy (non-hydrogen) atoms. The van der Waals surface area contributed by atoms with Gasteiger partial charge in [0.1, 0.15) is 0 Å². The first-order valence-corrected chi connectivity index (χ1v) is 44.3. The van der Waals surface area contributed by atoms with Crippen LogP contribution in [-0.2, 0) is 0 Å². The smallest absolute Gasteiger partial charge is 0.0992 e. The molecule has 18 aromatic carbocycles. The van der Waals surface area contributed by atoms with E-state index in [1.807, 2.05) is 70.4 Å². The summed E-state index contributed by atoms with van der Waals surface area (Å²) < 4.78 is 21.7. The van der Waals surface area contributed by atoms with Gasteiger partial charge >= 0.3 is 0 Å². The van der Waals surface area contributed by atoms with E-state index in [2.05, 4.69) is 393 Å². The van der Waals surface area contributed by atoms with E-state index in [4.69, 9.17) is 0 Å². The van der Waals surface area contributed by atoms with Gasteiger partial charge < -0.3 is 27.4 Å². The van der Waals surface area contributed by atoms with Crippen LogP contribution in [0.5, 0.6) is 0 Å². The summed E-state index contributed by atoms with van der Waals surface area (Å²) in [4.78, 5) is 0. The number of nitrogens with zero attached hydrogens (tertiary/aromatic N) is 9. The van der Waals surface area contributed by atoms with Gasteiger partial charge in [-0.1, -0.05) is 200 Å². The molecule has 0 atom stereocenters. The highest BCUT2D eigenvalue weighted by Gasteiger charge is 2.25. The van der Waals surface area contributed by atoms with Crippen LogP contribution in [-0.4, -0.2) is 27.4 Å². The minimum atomic E-state index is 0.667. The van der Waals surface area contributed by atoms with E-state index < -0.39 is 0 Å². The Balaban J connectivity index is 0.000000102. The normalized spacial score (nSPS) is 11.9. The molecular weight excluding hydrogens is 1580 g/mol. The molecule has 0 saturated heterocycles. The summed E-state index contributed by atoms with van der Waals surface area (Å²) in [5.74, 6) is 0. The van der Waals surface area contributed by atoms with Gasteiger partial charge in [-0.3, -0.25) is 0 Å². The third-order valence-corrected chi connectivity index (χ3v) is 29.1. The number of nitriles is 3. The second-order valence-electron chi connectivity index (χ2n) is 32.5. The number of fused-ring (bicyclic) bond motifs is 27. The number of aromatic nitrogens is 6. The zero-order valence-corrected chi connectivity index (χ0v) is 69.9. The van der Waals surface area contributed by atoms with E-state index >= 15 is 0 Å². The van der Waals surface area contributed by atoms with Gasteiger partial charge in [-0.2, -0.15) is 15.8 Å². The highest BCUT2D eigenvalue weighted by Crippen LogP contribution is 2.48. The Morgan fingerprint density at radius 2 is 0.440 bits per heavy atom. The van der Waals surface area contributed by atoms with Crippen LogP contribution in [0.4, 0.5) is 0 Å². The van der Waals surface area contributed by atoms with Gasteiger partial charge in [0.05, 0.1) is 132 Å². The molecule has 0 saturated carbocycles. The lowest BCUT2D eigenvalue weighted by Crippen LogP contribution is -1.94. The van der Waals surface area contributed by atoms with Crippen molar-refractivity contribution in [3.8, 4) is 52.3 Å². The Hall–Kier alpha value is -16.1. The molecule has 0 unspecified atom stereocenters. The quantitative estimate of drug-likeness (QED) is 0.166. The Morgan fingerprint density at radius 1 is 0.184 bits per heavy atom. The highest BCUT2D eigenvalue weighted by atomic mass is 32.1. The topological polar surface area (TPSA) is 101 Å². The second-order valence-corrected chi connectivity index (χ2v) is 35.7. The van der Waals surface area contributed by atoms with Crippen LogP contribution in [0.3, 0.4) is 0 Å². The predicted molar refractivity (Wildman–Crippen MR) is 528 cm³/mol. The minimum Gasteiger partial charge on any atom is -0.309 e. The fourth-order valence-electron chi connectivity index (χ4n) is 20.1. The standard InChI is InChI=1S/2C38H23N3S.C37H21N3S/c1-23-13-17-34-30(19-23)27-8-3-4-10-32(27)40(34)25-15-18-37-31(21-25)29-9-6-12-35(38(29)42-37)41-33-11-5-2-7-26(33)28-16-14-24(22-39)20-36(28)41;1-23-13-16-28-26-7-2-4-10-32(26)40(36(28)19-23)25-15-18-37-31(21-25)29-9-6-12-35(38(29)42-37)41-33-11-5-3-8-27(33)30-20-24(22-39)14-17-34(30)41;38-22-23-16-18-28-27-10-3-6-14-33(27)40(35(28)20-23)34-15-7-11-29-30-21-24(17-19-36(30)41-37(29)34)39-31-12-4-1-8-25(31)26-9-2-5-13-32(26)39/h2*2-21H,1H3;1-21H. The first-order chi connectivity index (χ1) is 61.7. The van der Waals surface area contributed by atoms with E-state index in [0.717, 1.165) is 77.4 Å². The fraction of sp³-hybridized carbons (Fsp3) is 0.0177. The molecule has 582 valence electrons. The molecule has 0 N–H and O–H groups in total. The molecule has 0 spiro atoms. The van der Waals surface area contributed by atoms with Crippen molar-refractivity contribution >= 4 is 225 Å². The summed E-state index contributed by atoms with van der Waals surface area (Å²) in [5.41, 5.74) is 25.5. The average molecular weight is 1650 g/mol. The number of rotatable bonds is 6. The lowest BCUT2D eigenvalue weighted by atomic mass is 10.1. The molecule has 0 aliphatic carbocycles. The predicted octanol–water partition coefficient (Wildman–Crippen LogP) is 31.0. The van der Waals surface area contributed by atoms with Crippen molar-refractivity contribution in [2.75, 3.05) is 0 Å². The van der Waals surface area contributed by atoms with Crippen LogP contribution < -0.4 is 0 Å². The van der Waals surface area contributed by atoms with Gasteiger partial charge in [0.2, 0.25) is 0 Å². The van der Waals surface area contributed by atoms with Gasteiger partial charge in [0.15, 0.2) is 0 Å². The van der Waals surface area contributed by atoms with E-state index in [-0.39, 0.29) is 0 Å². The van der Waals surface area contributed by atoms with Crippen molar-refractivity contribution < 1.29 is 0 Å². The zero-order valence-electron chi connectivity index (χ0n) is 67.5. The number of hydrogen-bond donors (Lipinski definition) is 0. The molecule has 0 radical (unpaired) electrons. The molecule has 27 rings (SSSR count). The van der Waals surface area contributed by atoms with Crippen LogP contribution in [0.1, 0.15) is 27.8 Å². The number of hydrogen-bond acceptors (Lipinski definition) is 6. The molecule has 9 heterocycles. The molecule has 0 bridgehead atoms. The monoisotopic (exact) mass is 1650 g/mol. The highest BCUT2D eigenvalue weighted by molar-refractivity contribution is 7.27.